The van der Waals surface area contributed by atoms with E-state index in [4.69, 9.17) is 32.5 Å². The number of hydrogen-bond donors (Lipinski definition) is 5. The number of benzene rings is 6. The number of nitrogens with one attached hydrogen (secondary N) is 2. The van der Waals surface area contributed by atoms with Crippen molar-refractivity contribution < 1.29 is 21.8 Å². The molecule has 0 aliphatic carbocycles. The molecule has 0 amide bonds. The van der Waals surface area contributed by atoms with Crippen LogP contribution < -0.4 is 17.2 Å². The quantitative estimate of drug-likeness (QED) is 0.0245. The Labute approximate surface area is 678 Å². The van der Waals surface area contributed by atoms with Crippen LogP contribution in [0.15, 0.2) is 278 Å². The van der Waals surface area contributed by atoms with Gasteiger partial charge >= 0.3 is 23.9 Å². The van der Waals surface area contributed by atoms with E-state index in [1.165, 1.54) is 26.3 Å². The molecule has 0 aliphatic heterocycles. The van der Waals surface area contributed by atoms with Crippen LogP contribution in [-0.2, 0) is 46.2 Å². The summed E-state index contributed by atoms with van der Waals surface area (Å²) in [4.78, 5) is 35.1. The second-order valence-corrected chi connectivity index (χ2v) is 30.5. The third-order valence-electron chi connectivity index (χ3n) is 19.5. The Morgan fingerprint density at radius 1 is 0.383 bits per heavy atom. The van der Waals surface area contributed by atoms with Gasteiger partial charge in [-0.1, -0.05) is 83.9 Å². The summed E-state index contributed by atoms with van der Waals surface area (Å²) in [6.07, 6.45) is 21.7. The van der Waals surface area contributed by atoms with Crippen molar-refractivity contribution in [3.63, 3.8) is 0 Å². The molecule has 0 bridgehead atoms. The summed E-state index contributed by atoms with van der Waals surface area (Å²) in [6.45, 7) is 14.9. The Morgan fingerprint density at radius 3 is 1.02 bits per heavy atom. The van der Waals surface area contributed by atoms with Gasteiger partial charge in [-0.3, -0.25) is 28.8 Å². The number of nitrogen functional groups attached to an aromatic ring is 3. The molecule has 0 fully saturated rings. The molecule has 6 aromatic carbocycles. The van der Waals surface area contributed by atoms with Crippen LogP contribution in [0, 0.1) is 24.0 Å². The SMILES string of the molecule is CCn1cc(-c2ccnc3[nH]ccc23)c(-c2cccc(N)c2)n1.CCn1cc(-c2ccnc3[nH]ccc23)c(-c2cccc(N)c2)n1.CCn1cc(-c2ccnc3c2ccn3S(=O)(=O)c2ccc(C)cc2)c(-c2cccc(N)c2)n1.CCn1cc(-c2ccnc3c2ccn3S(=O)(=O)c2ccc(C)cc2)c(-c2cccc([N+](=O)[O-])c2)n1.[SnH2]. The minimum atomic E-state index is -3.86. The number of non-ortho nitro benzene ring substituents is 1. The van der Waals surface area contributed by atoms with Crippen LogP contribution >= 0.6 is 0 Å². The van der Waals surface area contributed by atoms with E-state index in [1.807, 2.05) is 182 Å². The predicted octanol–water partition coefficient (Wildman–Crippen LogP) is 16.2. The number of H-pyrrole nitrogens is 2. The second-order valence-electron chi connectivity index (χ2n) is 26.9. The Morgan fingerprint density at radius 2 is 0.696 bits per heavy atom. The fourth-order valence-electron chi connectivity index (χ4n) is 13.7. The molecule has 12 heterocycles. The Kier molecular flexibility index (Phi) is 22.4. The van der Waals surface area contributed by atoms with E-state index in [-0.39, 0.29) is 45.0 Å². The fraction of sp³-hybridized carbons (Fsp3) is 0.116. The average molecular weight is 1670 g/mol. The van der Waals surface area contributed by atoms with Crippen LogP contribution in [0.4, 0.5) is 22.7 Å². The molecule has 0 atom stereocenters. The standard InChI is InChI=1S/C25H21N5O4S.C25H23N5O2S.2C18H17N5.Sn.2H/c1-3-28-16-23(24(27-28)18-5-4-6-19(15-18)30(31)32)21-11-13-26-25-22(21)12-14-29(25)35(33,34)20-9-7-17(2)8-10-20;1-3-29-16-23(24(28-29)18-5-4-6-19(26)15-18)21-11-13-27-25-22(21)12-14-30(25)33(31,32)20-9-7-17(2)8-10-20;2*1-2-23-11-16(14-6-8-20-18-15(14)7-9-21-18)17(22-23)12-4-3-5-13(19)10-12;;;/h4-16H,3H2,1-2H3;4-16H,3,26H2,1-2H3;2*3-11H,2,19H2,1H3,(H,20,21);;;. The number of nitro benzene ring substituents is 1. The summed E-state index contributed by atoms with van der Waals surface area (Å²) in [7, 11) is -7.64. The molecule has 0 saturated carbocycles. The number of pyridine rings is 4. The number of anilines is 3. The van der Waals surface area contributed by atoms with Gasteiger partial charge in [0, 0.05) is 196 Å². The van der Waals surface area contributed by atoms with E-state index in [9.17, 15) is 26.9 Å². The zero-order chi connectivity index (χ0) is 79.5. The van der Waals surface area contributed by atoms with Gasteiger partial charge in [0.25, 0.3) is 25.7 Å². The first-order chi connectivity index (χ1) is 55.2. The van der Waals surface area contributed by atoms with Crippen LogP contribution in [0.2, 0.25) is 0 Å². The van der Waals surface area contributed by atoms with Crippen molar-refractivity contribution in [1.82, 2.24) is 77.0 Å². The van der Waals surface area contributed by atoms with Gasteiger partial charge in [-0.25, -0.2) is 44.7 Å². The van der Waals surface area contributed by atoms with Crippen molar-refractivity contribution in [3.8, 4) is 89.5 Å². The van der Waals surface area contributed by atoms with Gasteiger partial charge in [-0.2, -0.15) is 20.4 Å². The Hall–Kier alpha value is -13.6. The van der Waals surface area contributed by atoms with E-state index < -0.39 is 25.0 Å². The molecule has 29 heteroatoms. The summed E-state index contributed by atoms with van der Waals surface area (Å²) in [5.74, 6) is 0. The maximum absolute atomic E-state index is 13.4. The number of rotatable bonds is 17. The van der Waals surface area contributed by atoms with Crippen molar-refractivity contribution in [2.75, 3.05) is 17.2 Å². The van der Waals surface area contributed by atoms with E-state index in [1.54, 1.807) is 102 Å². The summed E-state index contributed by atoms with van der Waals surface area (Å²) >= 11 is 0. The molecule has 18 aromatic rings. The van der Waals surface area contributed by atoms with E-state index in [2.05, 4.69) is 61.2 Å². The van der Waals surface area contributed by atoms with Crippen LogP contribution in [0.3, 0.4) is 0 Å². The van der Waals surface area contributed by atoms with Gasteiger partial charge in [-0.05, 0) is 173 Å². The van der Waals surface area contributed by atoms with Crippen LogP contribution in [0.5, 0.6) is 0 Å². The number of nitro groups is 1. The number of aryl methyl sites for hydroxylation is 6. The van der Waals surface area contributed by atoms with Crippen molar-refractivity contribution in [3.05, 3.63) is 290 Å². The fourth-order valence-corrected chi connectivity index (χ4v) is 16.3. The van der Waals surface area contributed by atoms with Crippen molar-refractivity contribution in [2.45, 2.75) is 77.5 Å². The number of nitrogens with zero attached hydrogens (tertiary/aromatic N) is 15. The first-order valence-electron chi connectivity index (χ1n) is 36.7. The van der Waals surface area contributed by atoms with Crippen molar-refractivity contribution in [1.29, 1.82) is 0 Å². The molecule has 0 aliphatic rings. The maximum atomic E-state index is 13.4. The molecule has 18 rings (SSSR count). The summed E-state index contributed by atoms with van der Waals surface area (Å²) in [5, 5.41) is 33.7. The minimum absolute atomic E-state index is 0. The molecular weight excluding hydrogens is 1590 g/mol. The van der Waals surface area contributed by atoms with Crippen molar-refractivity contribution in [2.24, 2.45) is 0 Å². The van der Waals surface area contributed by atoms with E-state index >= 15 is 0 Å². The third-order valence-corrected chi connectivity index (χ3v) is 22.9. The molecule has 26 nitrogen and oxygen atoms in total. The van der Waals surface area contributed by atoms with Gasteiger partial charge in [0.1, 0.15) is 34.1 Å². The molecule has 115 heavy (non-hydrogen) atoms. The number of fused-ring (bicyclic) bond motifs is 4. The first kappa shape index (κ1) is 78.1. The average Bonchev–Trinajstić information content (AvgIpc) is 1.62. The van der Waals surface area contributed by atoms with Gasteiger partial charge in [-0.15, -0.1) is 0 Å². The van der Waals surface area contributed by atoms with Crippen LogP contribution in [-0.4, -0.2) is 123 Å². The van der Waals surface area contributed by atoms with Gasteiger partial charge in [0.2, 0.25) is 0 Å². The van der Waals surface area contributed by atoms with Gasteiger partial charge in [0.15, 0.2) is 11.3 Å². The topological polar surface area (TPSA) is 354 Å². The molecule has 12 aromatic heterocycles. The number of nitrogens with two attached hydrogens (primary N) is 3. The Balaban J connectivity index is 0.000000128. The molecule has 576 valence electrons. The molecule has 2 radical (unpaired) electrons. The Bertz CT molecular complexity index is 6690. The number of hydrogen-bond acceptors (Lipinski definition) is 17. The van der Waals surface area contributed by atoms with Crippen LogP contribution in [0.25, 0.3) is 134 Å². The predicted molar refractivity (Wildman–Crippen MR) is 457 cm³/mol. The molecular formula is C86H80N20O6S2Sn. The normalized spacial score (nSPS) is 11.4. The summed E-state index contributed by atoms with van der Waals surface area (Å²) < 4.78 is 63.3. The summed E-state index contributed by atoms with van der Waals surface area (Å²) in [6, 6.07) is 58.4. The first-order valence-corrected chi connectivity index (χ1v) is 39.6. The zero-order valence-electron chi connectivity index (χ0n) is 63.6. The zero-order valence-corrected chi connectivity index (χ0v) is 69.3. The molecule has 0 unspecified atom stereocenters. The molecule has 8 N–H and O–H groups in total. The number of aromatic amines is 2. The summed E-state index contributed by atoms with van der Waals surface area (Å²) in [5.41, 5.74) is 38.8. The van der Waals surface area contributed by atoms with Gasteiger partial charge in [0.05, 0.1) is 14.7 Å². The molecule has 0 saturated heterocycles. The van der Waals surface area contributed by atoms with Crippen molar-refractivity contribution >= 4 is 111 Å². The van der Waals surface area contributed by atoms with E-state index in [0.29, 0.717) is 41.1 Å². The molecule has 0 spiro atoms. The van der Waals surface area contributed by atoms with Crippen LogP contribution in [0.1, 0.15) is 38.8 Å². The van der Waals surface area contributed by atoms with Gasteiger partial charge < -0.3 is 27.2 Å². The number of aromatic nitrogens is 16. The second kappa shape index (κ2) is 33.0. The van der Waals surface area contributed by atoms with E-state index in [0.717, 1.165) is 141 Å². The third kappa shape index (κ3) is 15.8. The monoisotopic (exact) mass is 1670 g/mol.